The van der Waals surface area contributed by atoms with Crippen LogP contribution in [0.3, 0.4) is 0 Å². The lowest BCUT2D eigenvalue weighted by atomic mass is 10.0. The van der Waals surface area contributed by atoms with Gasteiger partial charge in [-0.05, 0) is 42.0 Å². The molecule has 1 amide bonds. The highest BCUT2D eigenvalue weighted by Gasteiger charge is 2.12. The summed E-state index contributed by atoms with van der Waals surface area (Å²) in [6.45, 7) is 4.29. The maximum absolute atomic E-state index is 11.8. The highest BCUT2D eigenvalue weighted by Crippen LogP contribution is 2.17. The summed E-state index contributed by atoms with van der Waals surface area (Å²) in [5, 5.41) is 2.84. The molecule has 0 saturated heterocycles. The van der Waals surface area contributed by atoms with Crippen LogP contribution in [0.4, 0.5) is 5.69 Å². The van der Waals surface area contributed by atoms with Gasteiger partial charge in [0.15, 0.2) is 0 Å². The van der Waals surface area contributed by atoms with Crippen LogP contribution in [0.15, 0.2) is 24.3 Å². The Kier molecular flexibility index (Phi) is 6.22. The number of thioether (sulfide) groups is 1. The lowest BCUT2D eigenvalue weighted by Crippen LogP contribution is -2.36. The molecule has 0 aliphatic carbocycles. The van der Waals surface area contributed by atoms with Gasteiger partial charge in [0.25, 0.3) is 0 Å². The normalized spacial score (nSPS) is 12.5. The standard InChI is InChI=1S/C14H22N2OS/c1-10(2)11-4-6-12(7-5-11)16-14(17)13(15)8-9-18-3/h4-7,10,13H,8-9,15H2,1-3H3,(H,16,17)/t13-/m1/s1. The molecular formula is C14H22N2OS. The van der Waals surface area contributed by atoms with Gasteiger partial charge in [-0.15, -0.1) is 0 Å². The minimum atomic E-state index is -0.428. The molecule has 1 atom stereocenters. The Bertz CT molecular complexity index is 376. The number of amides is 1. The number of hydrogen-bond donors (Lipinski definition) is 2. The molecule has 0 aliphatic heterocycles. The Hall–Kier alpha value is -1.00. The molecule has 100 valence electrons. The number of nitrogens with two attached hydrogens (primary N) is 1. The van der Waals surface area contributed by atoms with Gasteiger partial charge >= 0.3 is 0 Å². The number of hydrogen-bond acceptors (Lipinski definition) is 3. The molecule has 18 heavy (non-hydrogen) atoms. The predicted octanol–water partition coefficient (Wildman–Crippen LogP) is 2.83. The number of rotatable bonds is 6. The van der Waals surface area contributed by atoms with E-state index in [0.29, 0.717) is 12.3 Å². The molecule has 3 nitrogen and oxygen atoms in total. The summed E-state index contributed by atoms with van der Waals surface area (Å²) in [5.74, 6) is 1.29. The van der Waals surface area contributed by atoms with Gasteiger partial charge in [0.2, 0.25) is 5.91 Å². The lowest BCUT2D eigenvalue weighted by molar-refractivity contribution is -0.117. The van der Waals surface area contributed by atoms with Crippen LogP contribution in [0.2, 0.25) is 0 Å². The first-order valence-electron chi connectivity index (χ1n) is 6.20. The molecule has 0 saturated carbocycles. The molecule has 0 spiro atoms. The Balaban J connectivity index is 2.53. The quantitative estimate of drug-likeness (QED) is 0.832. The zero-order chi connectivity index (χ0) is 13.5. The van der Waals surface area contributed by atoms with Gasteiger partial charge in [-0.3, -0.25) is 4.79 Å². The van der Waals surface area contributed by atoms with E-state index in [0.717, 1.165) is 11.4 Å². The summed E-state index contributed by atoms with van der Waals surface area (Å²) in [6, 6.07) is 7.49. The predicted molar refractivity (Wildman–Crippen MR) is 80.1 cm³/mol. The second kappa shape index (κ2) is 7.44. The average molecular weight is 266 g/mol. The van der Waals surface area contributed by atoms with E-state index in [1.165, 1.54) is 5.56 Å². The van der Waals surface area contributed by atoms with Crippen molar-refractivity contribution in [3.8, 4) is 0 Å². The Morgan fingerprint density at radius 2 is 1.94 bits per heavy atom. The third-order valence-corrected chi connectivity index (χ3v) is 3.46. The van der Waals surface area contributed by atoms with E-state index in [9.17, 15) is 4.79 Å². The minimum Gasteiger partial charge on any atom is -0.325 e. The minimum absolute atomic E-state index is 0.110. The molecule has 0 fully saturated rings. The third kappa shape index (κ3) is 4.70. The van der Waals surface area contributed by atoms with E-state index >= 15 is 0 Å². The molecule has 0 radical (unpaired) electrons. The molecule has 3 N–H and O–H groups in total. The van der Waals surface area contributed by atoms with Crippen LogP contribution in [-0.4, -0.2) is 24.0 Å². The van der Waals surface area contributed by atoms with Crippen molar-refractivity contribution in [3.05, 3.63) is 29.8 Å². The zero-order valence-electron chi connectivity index (χ0n) is 11.3. The number of carbonyl (C=O) groups excluding carboxylic acids is 1. The van der Waals surface area contributed by atoms with Gasteiger partial charge in [0.05, 0.1) is 6.04 Å². The number of anilines is 1. The molecule has 0 bridgehead atoms. The van der Waals surface area contributed by atoms with Crippen LogP contribution in [-0.2, 0) is 4.79 Å². The fraction of sp³-hybridized carbons (Fsp3) is 0.500. The van der Waals surface area contributed by atoms with Crippen molar-refractivity contribution >= 4 is 23.4 Å². The molecule has 1 aromatic carbocycles. The molecule has 4 heteroatoms. The van der Waals surface area contributed by atoms with Gasteiger partial charge in [-0.1, -0.05) is 26.0 Å². The van der Waals surface area contributed by atoms with Gasteiger partial charge < -0.3 is 11.1 Å². The highest BCUT2D eigenvalue weighted by atomic mass is 32.2. The summed E-state index contributed by atoms with van der Waals surface area (Å²) in [5.41, 5.74) is 7.88. The summed E-state index contributed by atoms with van der Waals surface area (Å²) < 4.78 is 0. The van der Waals surface area contributed by atoms with Crippen molar-refractivity contribution in [1.82, 2.24) is 0 Å². The van der Waals surface area contributed by atoms with E-state index in [2.05, 4.69) is 19.2 Å². The first-order valence-corrected chi connectivity index (χ1v) is 7.59. The third-order valence-electron chi connectivity index (χ3n) is 2.81. The van der Waals surface area contributed by atoms with Crippen LogP contribution < -0.4 is 11.1 Å². The average Bonchev–Trinajstić information content (AvgIpc) is 2.36. The van der Waals surface area contributed by atoms with Crippen LogP contribution in [0.5, 0.6) is 0 Å². The van der Waals surface area contributed by atoms with Gasteiger partial charge in [0, 0.05) is 5.69 Å². The van der Waals surface area contributed by atoms with Crippen molar-refractivity contribution in [1.29, 1.82) is 0 Å². The molecule has 0 aliphatic rings. The summed E-state index contributed by atoms with van der Waals surface area (Å²) in [4.78, 5) is 11.8. The SMILES string of the molecule is CSCC[C@@H](N)C(=O)Nc1ccc(C(C)C)cc1. The van der Waals surface area contributed by atoms with Crippen molar-refractivity contribution < 1.29 is 4.79 Å². The lowest BCUT2D eigenvalue weighted by Gasteiger charge is -2.12. The largest absolute Gasteiger partial charge is 0.325 e. The maximum atomic E-state index is 11.8. The molecular weight excluding hydrogens is 244 g/mol. The second-order valence-electron chi connectivity index (χ2n) is 4.65. The van der Waals surface area contributed by atoms with E-state index in [1.807, 2.05) is 30.5 Å². The van der Waals surface area contributed by atoms with Gasteiger partial charge in [0.1, 0.15) is 0 Å². The van der Waals surface area contributed by atoms with Crippen molar-refractivity contribution in [2.45, 2.75) is 32.2 Å². The van der Waals surface area contributed by atoms with Gasteiger partial charge in [-0.25, -0.2) is 0 Å². The maximum Gasteiger partial charge on any atom is 0.241 e. The van der Waals surface area contributed by atoms with Crippen molar-refractivity contribution in [2.75, 3.05) is 17.3 Å². The molecule has 1 aromatic rings. The molecule has 0 aromatic heterocycles. The zero-order valence-corrected chi connectivity index (χ0v) is 12.1. The van der Waals surface area contributed by atoms with Crippen LogP contribution in [0.25, 0.3) is 0 Å². The smallest absolute Gasteiger partial charge is 0.241 e. The van der Waals surface area contributed by atoms with Crippen molar-refractivity contribution in [2.24, 2.45) is 5.73 Å². The fourth-order valence-electron chi connectivity index (χ4n) is 1.56. The molecule has 1 rings (SSSR count). The van der Waals surface area contributed by atoms with E-state index in [-0.39, 0.29) is 5.91 Å². The first-order chi connectivity index (χ1) is 8.54. The van der Waals surface area contributed by atoms with E-state index in [4.69, 9.17) is 5.73 Å². The topological polar surface area (TPSA) is 55.1 Å². The number of benzene rings is 1. The van der Waals surface area contributed by atoms with Crippen LogP contribution >= 0.6 is 11.8 Å². The molecule has 0 heterocycles. The fourth-order valence-corrected chi connectivity index (χ4v) is 2.05. The monoisotopic (exact) mass is 266 g/mol. The van der Waals surface area contributed by atoms with Crippen LogP contribution in [0.1, 0.15) is 31.7 Å². The number of carbonyl (C=O) groups is 1. The Labute approximate surface area is 114 Å². The van der Waals surface area contributed by atoms with Crippen LogP contribution in [0, 0.1) is 0 Å². The summed E-state index contributed by atoms with van der Waals surface area (Å²) >= 11 is 1.70. The Morgan fingerprint density at radius 1 is 1.33 bits per heavy atom. The second-order valence-corrected chi connectivity index (χ2v) is 5.64. The number of nitrogens with one attached hydrogen (secondary N) is 1. The Morgan fingerprint density at radius 3 is 2.44 bits per heavy atom. The highest BCUT2D eigenvalue weighted by molar-refractivity contribution is 7.98. The summed E-state index contributed by atoms with van der Waals surface area (Å²) in [6.07, 6.45) is 2.71. The van der Waals surface area contributed by atoms with Gasteiger partial charge in [-0.2, -0.15) is 11.8 Å². The molecule has 0 unspecified atom stereocenters. The van der Waals surface area contributed by atoms with Crippen molar-refractivity contribution in [3.63, 3.8) is 0 Å². The first kappa shape index (κ1) is 15.1. The van der Waals surface area contributed by atoms with E-state index < -0.39 is 6.04 Å². The summed E-state index contributed by atoms with van der Waals surface area (Å²) in [7, 11) is 0. The van der Waals surface area contributed by atoms with E-state index in [1.54, 1.807) is 11.8 Å².